The van der Waals surface area contributed by atoms with Crippen LogP contribution in [0.5, 0.6) is 0 Å². The van der Waals surface area contributed by atoms with Gasteiger partial charge in [-0.3, -0.25) is 19.1 Å². The van der Waals surface area contributed by atoms with Gasteiger partial charge in [0.1, 0.15) is 0 Å². The van der Waals surface area contributed by atoms with Crippen molar-refractivity contribution in [3.05, 3.63) is 35.4 Å². The molecule has 0 radical (unpaired) electrons. The number of hydrogen-bond acceptors (Lipinski definition) is 6. The van der Waals surface area contributed by atoms with Gasteiger partial charge >= 0.3 is 7.60 Å². The number of carbonyl (C=O) groups is 2. The monoisotopic (exact) mass is 369 g/mol. The molecule has 2 amide bonds. The van der Waals surface area contributed by atoms with E-state index in [1.165, 1.54) is 0 Å². The highest BCUT2D eigenvalue weighted by molar-refractivity contribution is 7.54. The Morgan fingerprint density at radius 3 is 1.84 bits per heavy atom. The topological polar surface area (TPSA) is 93.1 Å². The first-order valence-electron chi connectivity index (χ1n) is 8.32. The maximum atomic E-state index is 13.0. The lowest BCUT2D eigenvalue weighted by atomic mass is 10.0. The van der Waals surface area contributed by atoms with Crippen LogP contribution in [0.15, 0.2) is 24.3 Å². The minimum atomic E-state index is -3.91. The molecule has 2 atom stereocenters. The predicted molar refractivity (Wildman–Crippen MR) is 92.4 cm³/mol. The van der Waals surface area contributed by atoms with Crippen molar-refractivity contribution in [1.29, 1.82) is 0 Å². The third-order valence-electron chi connectivity index (χ3n) is 4.05. The summed E-state index contributed by atoms with van der Waals surface area (Å²) in [5, 5.41) is 10.8. The Balaban J connectivity index is 2.44. The molecular weight excluding hydrogens is 345 g/mol. The van der Waals surface area contributed by atoms with Crippen LogP contribution in [0.2, 0.25) is 0 Å². The fourth-order valence-corrected chi connectivity index (χ4v) is 4.94. The zero-order chi connectivity index (χ0) is 18.8. The molecule has 1 aliphatic rings. The summed E-state index contributed by atoms with van der Waals surface area (Å²) in [5.41, 5.74) is 0.543. The Bertz CT molecular complexity index is 659. The van der Waals surface area contributed by atoms with E-state index in [1.54, 1.807) is 52.0 Å². The van der Waals surface area contributed by atoms with Gasteiger partial charge in [-0.1, -0.05) is 26.0 Å². The van der Waals surface area contributed by atoms with Gasteiger partial charge in [0.2, 0.25) is 0 Å². The molecule has 25 heavy (non-hydrogen) atoms. The van der Waals surface area contributed by atoms with Gasteiger partial charge in [-0.15, -0.1) is 0 Å². The molecule has 1 heterocycles. The molecule has 0 saturated heterocycles. The fourth-order valence-electron chi connectivity index (χ4n) is 2.99. The van der Waals surface area contributed by atoms with E-state index in [4.69, 9.17) is 9.05 Å². The molecule has 0 unspecified atom stereocenters. The van der Waals surface area contributed by atoms with Crippen LogP contribution in [0.1, 0.15) is 48.4 Å². The molecule has 1 aromatic carbocycles. The fraction of sp³-hybridized carbons (Fsp3) is 0.529. The summed E-state index contributed by atoms with van der Waals surface area (Å²) in [5.74, 6) is -3.02. The van der Waals surface area contributed by atoms with Gasteiger partial charge in [-0.05, 0) is 31.9 Å². The van der Waals surface area contributed by atoms with E-state index < -0.39 is 31.3 Å². The molecule has 8 heteroatoms. The Hall–Kier alpha value is -1.53. The first kappa shape index (κ1) is 19.8. The molecule has 0 aromatic heterocycles. The molecule has 0 bridgehead atoms. The molecule has 1 N–H and O–H groups in total. The van der Waals surface area contributed by atoms with Crippen LogP contribution in [0, 0.1) is 5.92 Å². The zero-order valence-electron chi connectivity index (χ0n) is 14.8. The highest BCUT2D eigenvalue weighted by atomic mass is 31.2. The molecule has 2 rings (SSSR count). The van der Waals surface area contributed by atoms with E-state index >= 15 is 0 Å². The second kappa shape index (κ2) is 7.79. The standard InChI is InChI=1S/C17H24NO6P/c1-5-23-25(22,24-6-2)17(21)14(11(3)4)18-15(19)12-9-7-8-10-13(12)16(18)20/h7-11,14,17,21H,5-6H2,1-4H3/t14-,17-/m0/s1. The summed E-state index contributed by atoms with van der Waals surface area (Å²) >= 11 is 0. The summed E-state index contributed by atoms with van der Waals surface area (Å²) in [7, 11) is -3.91. The summed E-state index contributed by atoms with van der Waals surface area (Å²) in [6, 6.07) is 5.42. The number of imide groups is 1. The molecule has 1 aliphatic heterocycles. The first-order valence-corrected chi connectivity index (χ1v) is 9.93. The van der Waals surface area contributed by atoms with Crippen molar-refractivity contribution in [2.24, 2.45) is 5.92 Å². The van der Waals surface area contributed by atoms with Crippen molar-refractivity contribution in [3.63, 3.8) is 0 Å². The number of fused-ring (bicyclic) bond motifs is 1. The van der Waals surface area contributed by atoms with Gasteiger partial charge in [0, 0.05) is 0 Å². The van der Waals surface area contributed by atoms with Crippen molar-refractivity contribution in [3.8, 4) is 0 Å². The number of rotatable bonds is 8. The lowest BCUT2D eigenvalue weighted by Gasteiger charge is -2.35. The van der Waals surface area contributed by atoms with Crippen molar-refractivity contribution in [2.45, 2.75) is 39.6 Å². The molecule has 0 saturated carbocycles. The predicted octanol–water partition coefficient (Wildman–Crippen LogP) is 2.89. The Morgan fingerprint density at radius 2 is 1.48 bits per heavy atom. The normalized spacial score (nSPS) is 17.1. The lowest BCUT2D eigenvalue weighted by molar-refractivity contribution is 0.0319. The summed E-state index contributed by atoms with van der Waals surface area (Å²) < 4.78 is 23.4. The third kappa shape index (κ3) is 3.55. The number of hydrogen-bond donors (Lipinski definition) is 1. The number of aliphatic hydroxyl groups excluding tert-OH is 1. The minimum Gasteiger partial charge on any atom is -0.379 e. The molecule has 0 spiro atoms. The summed E-state index contributed by atoms with van der Waals surface area (Å²) in [6.45, 7) is 6.87. The van der Waals surface area contributed by atoms with E-state index in [1.807, 2.05) is 0 Å². The molecule has 7 nitrogen and oxygen atoms in total. The highest BCUT2D eigenvalue weighted by Crippen LogP contribution is 2.55. The highest BCUT2D eigenvalue weighted by Gasteiger charge is 2.50. The van der Waals surface area contributed by atoms with Crippen LogP contribution in [0.4, 0.5) is 0 Å². The second-order valence-electron chi connectivity index (χ2n) is 6.05. The van der Waals surface area contributed by atoms with Gasteiger partial charge in [0.15, 0.2) is 5.85 Å². The Kier molecular flexibility index (Phi) is 6.16. The van der Waals surface area contributed by atoms with Crippen LogP contribution >= 0.6 is 7.60 Å². The zero-order valence-corrected chi connectivity index (χ0v) is 15.7. The van der Waals surface area contributed by atoms with Crippen molar-refractivity contribution in [1.82, 2.24) is 4.90 Å². The average Bonchev–Trinajstić information content (AvgIpc) is 2.81. The van der Waals surface area contributed by atoms with Gasteiger partial charge in [0.25, 0.3) is 11.8 Å². The van der Waals surface area contributed by atoms with Crippen LogP contribution in [0.3, 0.4) is 0 Å². The third-order valence-corrected chi connectivity index (χ3v) is 6.24. The van der Waals surface area contributed by atoms with E-state index in [0.29, 0.717) is 0 Å². The van der Waals surface area contributed by atoms with E-state index in [2.05, 4.69) is 0 Å². The van der Waals surface area contributed by atoms with Crippen molar-refractivity contribution in [2.75, 3.05) is 13.2 Å². The average molecular weight is 369 g/mol. The molecule has 0 fully saturated rings. The first-order chi connectivity index (χ1) is 11.8. The van der Waals surface area contributed by atoms with Crippen LogP contribution in [-0.4, -0.2) is 46.9 Å². The summed E-state index contributed by atoms with van der Waals surface area (Å²) in [6.07, 6.45) is 0. The maximum absolute atomic E-state index is 13.0. The maximum Gasteiger partial charge on any atom is 0.361 e. The van der Waals surface area contributed by atoms with Gasteiger partial charge < -0.3 is 14.2 Å². The van der Waals surface area contributed by atoms with Gasteiger partial charge in [-0.2, -0.15) is 0 Å². The van der Waals surface area contributed by atoms with Gasteiger partial charge in [0.05, 0.1) is 30.4 Å². The molecule has 138 valence electrons. The molecule has 0 aliphatic carbocycles. The number of aliphatic hydroxyl groups is 1. The van der Waals surface area contributed by atoms with E-state index in [-0.39, 0.29) is 30.3 Å². The Morgan fingerprint density at radius 1 is 1.04 bits per heavy atom. The smallest absolute Gasteiger partial charge is 0.361 e. The van der Waals surface area contributed by atoms with Crippen LogP contribution in [-0.2, 0) is 13.6 Å². The van der Waals surface area contributed by atoms with Crippen molar-refractivity contribution < 1.29 is 28.3 Å². The van der Waals surface area contributed by atoms with E-state index in [0.717, 1.165) is 4.90 Å². The Labute approximate surface area is 147 Å². The summed E-state index contributed by atoms with van der Waals surface area (Å²) in [4.78, 5) is 26.4. The van der Waals surface area contributed by atoms with Crippen molar-refractivity contribution >= 4 is 19.4 Å². The second-order valence-corrected chi connectivity index (χ2v) is 8.17. The molecule has 1 aromatic rings. The minimum absolute atomic E-state index is 0.0707. The number of benzene rings is 1. The number of amides is 2. The van der Waals surface area contributed by atoms with Crippen LogP contribution in [0.25, 0.3) is 0 Å². The SMILES string of the molecule is CCOP(=O)(OCC)[C@H](O)[C@H](C(C)C)N1C(=O)c2ccccc2C1=O. The number of carbonyl (C=O) groups excluding carboxylic acids is 2. The largest absolute Gasteiger partial charge is 0.379 e. The number of nitrogens with zero attached hydrogens (tertiary/aromatic N) is 1. The van der Waals surface area contributed by atoms with Crippen LogP contribution < -0.4 is 0 Å². The molecular formula is C17H24NO6P. The van der Waals surface area contributed by atoms with Gasteiger partial charge in [-0.25, -0.2) is 0 Å². The lowest BCUT2D eigenvalue weighted by Crippen LogP contribution is -2.50. The quantitative estimate of drug-likeness (QED) is 0.559. The van der Waals surface area contributed by atoms with E-state index in [9.17, 15) is 19.3 Å².